The largest absolute Gasteiger partial charge is 0.395 e. The van der Waals surface area contributed by atoms with Crippen molar-refractivity contribution in [1.82, 2.24) is 9.80 Å². The number of aliphatic hydroxyl groups is 1. The van der Waals surface area contributed by atoms with Gasteiger partial charge in [-0.3, -0.25) is 4.79 Å². The molecule has 0 radical (unpaired) electrons. The van der Waals surface area contributed by atoms with Gasteiger partial charge in [-0.1, -0.05) is 0 Å². The number of nitrogens with zero attached hydrogens (tertiary/aromatic N) is 2. The van der Waals surface area contributed by atoms with Crippen LogP contribution in [-0.2, 0) is 4.79 Å². The van der Waals surface area contributed by atoms with Gasteiger partial charge in [-0.05, 0) is 14.1 Å². The Labute approximate surface area is 73.8 Å². The maximum atomic E-state index is 11.2. The maximum absolute atomic E-state index is 11.2. The molecule has 0 heterocycles. The lowest BCUT2D eigenvalue weighted by Crippen LogP contribution is -2.31. The van der Waals surface area contributed by atoms with E-state index in [4.69, 9.17) is 5.11 Å². The second kappa shape index (κ2) is 5.97. The number of hydrogen-bond acceptors (Lipinski definition) is 3. The number of likely N-dealkylation sites (N-methyl/N-ethyl adjacent to an activating group) is 1. The minimum atomic E-state index is 0.0319. The summed E-state index contributed by atoms with van der Waals surface area (Å²) in [6.45, 7) is 1.21. The van der Waals surface area contributed by atoms with Crippen molar-refractivity contribution in [3.8, 4) is 0 Å². The highest BCUT2D eigenvalue weighted by Crippen LogP contribution is 1.91. The van der Waals surface area contributed by atoms with Crippen molar-refractivity contribution in [2.45, 2.75) is 6.42 Å². The molecule has 0 saturated carbocycles. The van der Waals surface area contributed by atoms with Crippen LogP contribution >= 0.6 is 0 Å². The molecule has 72 valence electrons. The molecule has 4 nitrogen and oxygen atoms in total. The summed E-state index contributed by atoms with van der Waals surface area (Å²) >= 11 is 0. The van der Waals surface area contributed by atoms with Crippen LogP contribution in [0.15, 0.2) is 0 Å². The van der Waals surface area contributed by atoms with Gasteiger partial charge in [0.25, 0.3) is 0 Å². The summed E-state index contributed by atoms with van der Waals surface area (Å²) in [5.41, 5.74) is 0. The van der Waals surface area contributed by atoms with Crippen LogP contribution in [0.1, 0.15) is 6.42 Å². The van der Waals surface area contributed by atoms with E-state index in [9.17, 15) is 4.79 Å². The lowest BCUT2D eigenvalue weighted by molar-refractivity contribution is -0.130. The third-order valence-electron chi connectivity index (χ3n) is 1.63. The van der Waals surface area contributed by atoms with Crippen LogP contribution in [0, 0.1) is 0 Å². The third-order valence-corrected chi connectivity index (χ3v) is 1.63. The monoisotopic (exact) mass is 174 g/mol. The van der Waals surface area contributed by atoms with E-state index in [1.165, 1.54) is 0 Å². The number of carbonyl (C=O) groups excluding carboxylic acids is 1. The van der Waals surface area contributed by atoms with Gasteiger partial charge in [0.05, 0.1) is 6.61 Å². The van der Waals surface area contributed by atoms with Crippen LogP contribution < -0.4 is 0 Å². The number of aliphatic hydroxyl groups excluding tert-OH is 1. The number of rotatable bonds is 5. The molecule has 0 aromatic heterocycles. The molecular formula is C8H18N2O2. The van der Waals surface area contributed by atoms with E-state index < -0.39 is 0 Å². The minimum Gasteiger partial charge on any atom is -0.395 e. The van der Waals surface area contributed by atoms with Crippen LogP contribution in [0.5, 0.6) is 0 Å². The van der Waals surface area contributed by atoms with Gasteiger partial charge in [-0.25, -0.2) is 0 Å². The average molecular weight is 174 g/mol. The molecule has 1 N–H and O–H groups in total. The van der Waals surface area contributed by atoms with Crippen molar-refractivity contribution in [2.75, 3.05) is 40.8 Å². The van der Waals surface area contributed by atoms with Crippen molar-refractivity contribution in [3.05, 3.63) is 0 Å². The van der Waals surface area contributed by atoms with Crippen molar-refractivity contribution in [3.63, 3.8) is 0 Å². The molecule has 0 aromatic carbocycles. The van der Waals surface area contributed by atoms with E-state index in [-0.39, 0.29) is 12.5 Å². The lowest BCUT2D eigenvalue weighted by atomic mass is 10.3. The predicted octanol–water partition coefficient (Wildman–Crippen LogP) is -0.611. The quantitative estimate of drug-likeness (QED) is 0.604. The third kappa shape index (κ3) is 5.09. The molecule has 0 aromatic rings. The van der Waals surface area contributed by atoms with Crippen molar-refractivity contribution >= 4 is 5.91 Å². The van der Waals surface area contributed by atoms with E-state index in [2.05, 4.69) is 0 Å². The van der Waals surface area contributed by atoms with E-state index in [1.807, 2.05) is 19.0 Å². The Morgan fingerprint density at radius 3 is 2.25 bits per heavy atom. The average Bonchev–Trinajstić information content (AvgIpc) is 2.00. The molecule has 0 fully saturated rings. The first-order valence-corrected chi connectivity index (χ1v) is 4.07. The topological polar surface area (TPSA) is 43.8 Å². The van der Waals surface area contributed by atoms with Gasteiger partial charge in [-0.2, -0.15) is 0 Å². The lowest BCUT2D eigenvalue weighted by Gasteiger charge is -2.16. The number of hydrogen-bond donors (Lipinski definition) is 1. The Morgan fingerprint density at radius 1 is 1.25 bits per heavy atom. The van der Waals surface area contributed by atoms with Gasteiger partial charge in [0, 0.05) is 26.6 Å². The molecule has 0 bridgehead atoms. The Bertz CT molecular complexity index is 137. The molecule has 0 rings (SSSR count). The SMILES string of the molecule is CN(C)CCC(=O)N(C)CCO. The van der Waals surface area contributed by atoms with Gasteiger partial charge in [0.15, 0.2) is 0 Å². The van der Waals surface area contributed by atoms with Crippen molar-refractivity contribution < 1.29 is 9.90 Å². The Balaban J connectivity index is 3.57. The summed E-state index contributed by atoms with van der Waals surface area (Å²) in [5.74, 6) is 0.0813. The molecule has 0 aliphatic rings. The van der Waals surface area contributed by atoms with E-state index >= 15 is 0 Å². The van der Waals surface area contributed by atoms with Gasteiger partial charge in [-0.15, -0.1) is 0 Å². The first kappa shape index (κ1) is 11.4. The fourth-order valence-corrected chi connectivity index (χ4v) is 0.785. The molecule has 4 heteroatoms. The Hall–Kier alpha value is -0.610. The highest BCUT2D eigenvalue weighted by molar-refractivity contribution is 5.76. The predicted molar refractivity (Wildman–Crippen MR) is 47.9 cm³/mol. The second-order valence-electron chi connectivity index (χ2n) is 3.09. The Kier molecular flexibility index (Phi) is 5.66. The fourth-order valence-electron chi connectivity index (χ4n) is 0.785. The molecule has 12 heavy (non-hydrogen) atoms. The maximum Gasteiger partial charge on any atom is 0.223 e. The number of carbonyl (C=O) groups is 1. The van der Waals surface area contributed by atoms with Crippen LogP contribution in [-0.4, -0.2) is 61.7 Å². The van der Waals surface area contributed by atoms with Crippen LogP contribution in [0.3, 0.4) is 0 Å². The number of amides is 1. The summed E-state index contributed by atoms with van der Waals surface area (Å²) in [6.07, 6.45) is 0.517. The summed E-state index contributed by atoms with van der Waals surface area (Å²) < 4.78 is 0. The van der Waals surface area contributed by atoms with Gasteiger partial charge in [0.1, 0.15) is 0 Å². The van der Waals surface area contributed by atoms with Gasteiger partial charge in [0.2, 0.25) is 5.91 Å². The molecule has 0 aliphatic heterocycles. The van der Waals surface area contributed by atoms with Crippen molar-refractivity contribution in [2.24, 2.45) is 0 Å². The first-order valence-electron chi connectivity index (χ1n) is 4.07. The molecule has 1 amide bonds. The molecule has 0 spiro atoms. The summed E-state index contributed by atoms with van der Waals surface area (Å²) in [5, 5.41) is 8.56. The highest BCUT2D eigenvalue weighted by Gasteiger charge is 2.07. The summed E-state index contributed by atoms with van der Waals surface area (Å²) in [6, 6.07) is 0. The van der Waals surface area contributed by atoms with Gasteiger partial charge >= 0.3 is 0 Å². The normalized spacial score (nSPS) is 10.4. The zero-order valence-corrected chi connectivity index (χ0v) is 8.08. The van der Waals surface area contributed by atoms with Gasteiger partial charge < -0.3 is 14.9 Å². The highest BCUT2D eigenvalue weighted by atomic mass is 16.3. The minimum absolute atomic E-state index is 0.0319. The zero-order chi connectivity index (χ0) is 9.56. The summed E-state index contributed by atoms with van der Waals surface area (Å²) in [4.78, 5) is 14.7. The molecule has 0 atom stereocenters. The summed E-state index contributed by atoms with van der Waals surface area (Å²) in [7, 11) is 5.56. The standard InChI is InChI=1S/C8H18N2O2/c1-9(2)5-4-8(12)10(3)6-7-11/h11H,4-7H2,1-3H3. The smallest absolute Gasteiger partial charge is 0.223 e. The van der Waals surface area contributed by atoms with E-state index in [0.717, 1.165) is 6.54 Å². The first-order chi connectivity index (χ1) is 5.57. The van der Waals surface area contributed by atoms with Crippen LogP contribution in [0.4, 0.5) is 0 Å². The molecule has 0 unspecified atom stereocenters. The van der Waals surface area contributed by atoms with Crippen LogP contribution in [0.2, 0.25) is 0 Å². The van der Waals surface area contributed by atoms with E-state index in [1.54, 1.807) is 11.9 Å². The van der Waals surface area contributed by atoms with Crippen molar-refractivity contribution in [1.29, 1.82) is 0 Å². The zero-order valence-electron chi connectivity index (χ0n) is 8.08. The molecule has 0 aliphatic carbocycles. The Morgan fingerprint density at radius 2 is 1.83 bits per heavy atom. The second-order valence-corrected chi connectivity index (χ2v) is 3.09. The van der Waals surface area contributed by atoms with E-state index in [0.29, 0.717) is 13.0 Å². The fraction of sp³-hybridized carbons (Fsp3) is 0.875. The molecule has 0 saturated heterocycles. The van der Waals surface area contributed by atoms with Crippen LogP contribution in [0.25, 0.3) is 0 Å². The molecular weight excluding hydrogens is 156 g/mol.